The molecule has 0 aliphatic carbocycles. The summed E-state index contributed by atoms with van der Waals surface area (Å²) in [5, 5.41) is 0. The molecule has 0 aromatic heterocycles. The predicted molar refractivity (Wildman–Crippen MR) is 106 cm³/mol. The second-order valence-electron chi connectivity index (χ2n) is 5.74. The molecular formula is C19H23ClN2OS. The first-order valence-electron chi connectivity index (χ1n) is 8.06. The zero-order chi connectivity index (χ0) is 16.2. The van der Waals surface area contributed by atoms with Gasteiger partial charge in [-0.05, 0) is 54.0 Å². The van der Waals surface area contributed by atoms with Gasteiger partial charge in [-0.3, -0.25) is 4.79 Å². The number of nitrogens with zero attached hydrogens (tertiary/aromatic N) is 1. The quantitative estimate of drug-likeness (QED) is 0.812. The Morgan fingerprint density at radius 1 is 1.21 bits per heavy atom. The first-order valence-corrected chi connectivity index (χ1v) is 9.22. The third kappa shape index (κ3) is 3.87. The predicted octanol–water partition coefficient (Wildman–Crippen LogP) is 4.54. The number of nitrogens with two attached hydrogens (primary N) is 1. The van der Waals surface area contributed by atoms with E-state index in [2.05, 4.69) is 19.1 Å². The van der Waals surface area contributed by atoms with Crippen LogP contribution in [0.5, 0.6) is 0 Å². The number of halogens is 1. The summed E-state index contributed by atoms with van der Waals surface area (Å²) in [6.45, 7) is 2.91. The SMILES string of the molecule is CCSCc1ccc(C(=O)N2CCCc3c(N)cccc32)cc1.Cl. The molecule has 3 nitrogen and oxygen atoms in total. The Labute approximate surface area is 154 Å². The van der Waals surface area contributed by atoms with Crippen LogP contribution in [0.15, 0.2) is 42.5 Å². The van der Waals surface area contributed by atoms with E-state index in [1.165, 1.54) is 5.56 Å². The summed E-state index contributed by atoms with van der Waals surface area (Å²) < 4.78 is 0. The van der Waals surface area contributed by atoms with Gasteiger partial charge in [0.1, 0.15) is 0 Å². The molecule has 128 valence electrons. The van der Waals surface area contributed by atoms with Crippen molar-refractivity contribution in [3.05, 3.63) is 59.2 Å². The highest BCUT2D eigenvalue weighted by molar-refractivity contribution is 7.98. The Morgan fingerprint density at radius 3 is 2.67 bits per heavy atom. The van der Waals surface area contributed by atoms with Crippen molar-refractivity contribution in [2.45, 2.75) is 25.5 Å². The first kappa shape index (κ1) is 18.7. The van der Waals surface area contributed by atoms with Crippen LogP contribution in [0.4, 0.5) is 11.4 Å². The summed E-state index contributed by atoms with van der Waals surface area (Å²) in [5.41, 5.74) is 10.9. The minimum atomic E-state index is 0. The molecule has 2 aromatic carbocycles. The van der Waals surface area contributed by atoms with Crippen LogP contribution in [-0.2, 0) is 12.2 Å². The molecule has 1 heterocycles. The largest absolute Gasteiger partial charge is 0.398 e. The van der Waals surface area contributed by atoms with Crippen molar-refractivity contribution >= 4 is 41.5 Å². The van der Waals surface area contributed by atoms with Crippen LogP contribution in [0.3, 0.4) is 0 Å². The van der Waals surface area contributed by atoms with Crippen LogP contribution in [0.2, 0.25) is 0 Å². The van der Waals surface area contributed by atoms with Gasteiger partial charge in [-0.25, -0.2) is 0 Å². The highest BCUT2D eigenvalue weighted by Crippen LogP contribution is 2.32. The molecule has 0 spiro atoms. The zero-order valence-corrected chi connectivity index (χ0v) is 15.5. The summed E-state index contributed by atoms with van der Waals surface area (Å²) in [6.07, 6.45) is 1.90. The maximum Gasteiger partial charge on any atom is 0.258 e. The summed E-state index contributed by atoms with van der Waals surface area (Å²) in [7, 11) is 0. The fourth-order valence-electron chi connectivity index (χ4n) is 2.98. The number of fused-ring (bicyclic) bond motifs is 1. The molecule has 0 saturated carbocycles. The van der Waals surface area contributed by atoms with Gasteiger partial charge < -0.3 is 10.6 Å². The van der Waals surface area contributed by atoms with E-state index in [1.807, 2.05) is 47.0 Å². The van der Waals surface area contributed by atoms with E-state index in [0.717, 1.165) is 53.4 Å². The Kier molecular flexibility index (Phi) is 6.58. The maximum atomic E-state index is 12.9. The monoisotopic (exact) mass is 362 g/mol. The van der Waals surface area contributed by atoms with Crippen molar-refractivity contribution in [3.8, 4) is 0 Å². The van der Waals surface area contributed by atoms with Crippen molar-refractivity contribution < 1.29 is 4.79 Å². The fraction of sp³-hybridized carbons (Fsp3) is 0.316. The number of hydrogen-bond donors (Lipinski definition) is 1. The molecule has 2 aromatic rings. The summed E-state index contributed by atoms with van der Waals surface area (Å²) in [5.74, 6) is 2.16. The lowest BCUT2D eigenvalue weighted by molar-refractivity contribution is 0.0985. The van der Waals surface area contributed by atoms with E-state index in [0.29, 0.717) is 0 Å². The van der Waals surface area contributed by atoms with E-state index in [9.17, 15) is 4.79 Å². The molecule has 1 aliphatic rings. The van der Waals surface area contributed by atoms with E-state index in [1.54, 1.807) is 0 Å². The van der Waals surface area contributed by atoms with Gasteiger partial charge >= 0.3 is 0 Å². The van der Waals surface area contributed by atoms with Crippen molar-refractivity contribution in [1.29, 1.82) is 0 Å². The van der Waals surface area contributed by atoms with Gasteiger partial charge in [-0.1, -0.05) is 25.1 Å². The lowest BCUT2D eigenvalue weighted by Crippen LogP contribution is -2.35. The van der Waals surface area contributed by atoms with E-state index >= 15 is 0 Å². The number of benzene rings is 2. The second kappa shape index (κ2) is 8.45. The van der Waals surface area contributed by atoms with Gasteiger partial charge in [-0.15, -0.1) is 12.4 Å². The highest BCUT2D eigenvalue weighted by atomic mass is 35.5. The molecule has 0 bridgehead atoms. The van der Waals surface area contributed by atoms with Gasteiger partial charge in [0.15, 0.2) is 0 Å². The fourth-order valence-corrected chi connectivity index (χ4v) is 3.61. The number of thioether (sulfide) groups is 1. The molecular weight excluding hydrogens is 340 g/mol. The molecule has 5 heteroatoms. The van der Waals surface area contributed by atoms with E-state index < -0.39 is 0 Å². The summed E-state index contributed by atoms with van der Waals surface area (Å²) >= 11 is 1.89. The Morgan fingerprint density at radius 2 is 1.96 bits per heavy atom. The van der Waals surface area contributed by atoms with E-state index in [4.69, 9.17) is 5.73 Å². The van der Waals surface area contributed by atoms with Gasteiger partial charge in [0, 0.05) is 29.2 Å². The van der Waals surface area contributed by atoms with Crippen LogP contribution >= 0.6 is 24.2 Å². The van der Waals surface area contributed by atoms with Crippen LogP contribution in [0, 0.1) is 0 Å². The van der Waals surface area contributed by atoms with E-state index in [-0.39, 0.29) is 18.3 Å². The molecule has 0 radical (unpaired) electrons. The summed E-state index contributed by atoms with van der Waals surface area (Å²) in [4.78, 5) is 14.7. The molecule has 0 unspecified atom stereocenters. The highest BCUT2D eigenvalue weighted by Gasteiger charge is 2.24. The third-order valence-electron chi connectivity index (χ3n) is 4.21. The lowest BCUT2D eigenvalue weighted by Gasteiger charge is -2.30. The molecule has 0 saturated heterocycles. The van der Waals surface area contributed by atoms with Gasteiger partial charge in [-0.2, -0.15) is 11.8 Å². The Hall–Kier alpha value is -1.65. The Balaban J connectivity index is 0.00000208. The van der Waals surface area contributed by atoms with Crippen LogP contribution in [0.25, 0.3) is 0 Å². The smallest absolute Gasteiger partial charge is 0.258 e. The van der Waals surface area contributed by atoms with Crippen LogP contribution < -0.4 is 10.6 Å². The molecule has 2 N–H and O–H groups in total. The average molecular weight is 363 g/mol. The number of carbonyl (C=O) groups is 1. The average Bonchev–Trinajstić information content (AvgIpc) is 2.60. The number of anilines is 2. The van der Waals surface area contributed by atoms with Gasteiger partial charge in [0.2, 0.25) is 0 Å². The van der Waals surface area contributed by atoms with Crippen molar-refractivity contribution in [2.24, 2.45) is 0 Å². The number of amides is 1. The number of hydrogen-bond acceptors (Lipinski definition) is 3. The van der Waals surface area contributed by atoms with Gasteiger partial charge in [0.05, 0.1) is 0 Å². The number of rotatable bonds is 4. The minimum absolute atomic E-state index is 0. The third-order valence-corrected chi connectivity index (χ3v) is 5.15. The first-order chi connectivity index (χ1) is 11.2. The normalized spacial score (nSPS) is 13.1. The minimum Gasteiger partial charge on any atom is -0.398 e. The zero-order valence-electron chi connectivity index (χ0n) is 13.8. The molecule has 3 rings (SSSR count). The topological polar surface area (TPSA) is 46.3 Å². The number of nitrogen functional groups attached to an aromatic ring is 1. The van der Waals surface area contributed by atoms with Crippen LogP contribution in [-0.4, -0.2) is 18.2 Å². The lowest BCUT2D eigenvalue weighted by atomic mass is 9.99. The molecule has 0 atom stereocenters. The van der Waals surface area contributed by atoms with Crippen molar-refractivity contribution in [3.63, 3.8) is 0 Å². The van der Waals surface area contributed by atoms with Crippen LogP contribution in [0.1, 0.15) is 34.8 Å². The number of carbonyl (C=O) groups excluding carboxylic acids is 1. The maximum absolute atomic E-state index is 12.9. The molecule has 1 aliphatic heterocycles. The van der Waals surface area contributed by atoms with Crippen molar-refractivity contribution in [2.75, 3.05) is 22.9 Å². The molecule has 1 amide bonds. The van der Waals surface area contributed by atoms with Crippen molar-refractivity contribution in [1.82, 2.24) is 0 Å². The second-order valence-corrected chi connectivity index (χ2v) is 7.01. The Bertz CT molecular complexity index is 703. The summed E-state index contributed by atoms with van der Waals surface area (Å²) in [6, 6.07) is 13.8. The van der Waals surface area contributed by atoms with Gasteiger partial charge in [0.25, 0.3) is 5.91 Å². The standard InChI is InChI=1S/C19H22N2OS.ClH/c1-2-23-13-14-8-10-15(11-9-14)19(22)21-12-4-5-16-17(20)6-3-7-18(16)21;/h3,6-11H,2,4-5,12-13,20H2,1H3;1H. The molecule has 0 fully saturated rings. The molecule has 24 heavy (non-hydrogen) atoms.